The summed E-state index contributed by atoms with van der Waals surface area (Å²) < 4.78 is 10.7. The molecule has 0 aliphatic carbocycles. The first-order chi connectivity index (χ1) is 11.0. The van der Waals surface area contributed by atoms with Crippen LogP contribution >= 0.6 is 0 Å². The lowest BCUT2D eigenvalue weighted by Crippen LogP contribution is -2.26. The minimum atomic E-state index is -0.193. The molecule has 1 aliphatic rings. The number of nitrogens with zero attached hydrogens (tertiary/aromatic N) is 1. The lowest BCUT2D eigenvalue weighted by atomic mass is 10.1. The van der Waals surface area contributed by atoms with E-state index in [2.05, 4.69) is 29.4 Å². The number of hydrogen-bond acceptors (Lipinski definition) is 4. The second kappa shape index (κ2) is 6.32. The van der Waals surface area contributed by atoms with Crippen molar-refractivity contribution in [1.82, 2.24) is 15.5 Å². The maximum absolute atomic E-state index is 12.3. The van der Waals surface area contributed by atoms with Crippen molar-refractivity contribution < 1.29 is 14.3 Å². The average molecular weight is 315 g/mol. The number of carbonyl (C=O) groups excluding carboxylic acids is 1. The van der Waals surface area contributed by atoms with Crippen LogP contribution in [0.3, 0.4) is 0 Å². The summed E-state index contributed by atoms with van der Waals surface area (Å²) in [5.41, 5.74) is 2.34. The smallest absolute Gasteiger partial charge is 0.272 e. The Bertz CT molecular complexity index is 709. The van der Waals surface area contributed by atoms with Gasteiger partial charge in [-0.1, -0.05) is 19.9 Å². The summed E-state index contributed by atoms with van der Waals surface area (Å²) in [5, 5.41) is 9.96. The van der Waals surface area contributed by atoms with Crippen LogP contribution < -0.4 is 14.8 Å². The lowest BCUT2D eigenvalue weighted by molar-refractivity contribution is 0.0934. The van der Waals surface area contributed by atoms with Gasteiger partial charge in [-0.2, -0.15) is 5.10 Å². The molecule has 23 heavy (non-hydrogen) atoms. The Balaban J connectivity index is 1.66. The highest BCUT2D eigenvalue weighted by Crippen LogP contribution is 2.34. The van der Waals surface area contributed by atoms with Crippen molar-refractivity contribution in [3.63, 3.8) is 0 Å². The second-order valence-electron chi connectivity index (χ2n) is 6.18. The van der Waals surface area contributed by atoms with Crippen LogP contribution in [0.2, 0.25) is 0 Å². The summed E-state index contributed by atoms with van der Waals surface area (Å²) in [6.45, 7) is 6.42. The molecule has 2 N–H and O–H groups in total. The van der Waals surface area contributed by atoms with E-state index in [9.17, 15) is 4.79 Å². The molecular weight excluding hydrogens is 294 g/mol. The molecule has 0 saturated heterocycles. The third-order valence-electron chi connectivity index (χ3n) is 3.74. The third kappa shape index (κ3) is 3.47. The topological polar surface area (TPSA) is 76.2 Å². The molecule has 0 radical (unpaired) electrons. The maximum atomic E-state index is 12.3. The van der Waals surface area contributed by atoms with Gasteiger partial charge in [0.05, 0.1) is 6.04 Å². The molecular formula is C17H21N3O3. The number of amides is 1. The minimum Gasteiger partial charge on any atom is -0.454 e. The first kappa shape index (κ1) is 15.4. The SMILES string of the molecule is CC(C)Cc1cc(C(=O)NC(C)c2ccc3c(c2)OCO3)n[nH]1. The van der Waals surface area contributed by atoms with Gasteiger partial charge in [0, 0.05) is 5.69 Å². The summed E-state index contributed by atoms with van der Waals surface area (Å²) in [7, 11) is 0. The molecule has 0 fully saturated rings. The molecule has 122 valence electrons. The first-order valence-corrected chi connectivity index (χ1v) is 7.77. The summed E-state index contributed by atoms with van der Waals surface area (Å²) in [6, 6.07) is 7.33. The third-order valence-corrected chi connectivity index (χ3v) is 3.74. The van der Waals surface area contributed by atoms with E-state index in [1.165, 1.54) is 0 Å². The average Bonchev–Trinajstić information content (AvgIpc) is 3.14. The zero-order valence-corrected chi connectivity index (χ0v) is 13.6. The number of carbonyl (C=O) groups is 1. The van der Waals surface area contributed by atoms with Gasteiger partial charge >= 0.3 is 0 Å². The Morgan fingerprint density at radius 2 is 2.04 bits per heavy atom. The molecule has 1 aromatic carbocycles. The van der Waals surface area contributed by atoms with Crippen LogP contribution in [0.25, 0.3) is 0 Å². The fourth-order valence-corrected chi connectivity index (χ4v) is 2.56. The first-order valence-electron chi connectivity index (χ1n) is 7.77. The molecule has 2 heterocycles. The Morgan fingerprint density at radius 3 is 2.83 bits per heavy atom. The number of fused-ring (bicyclic) bond motifs is 1. The summed E-state index contributed by atoms with van der Waals surface area (Å²) in [4.78, 5) is 12.3. The normalized spacial score (nSPS) is 14.1. The number of benzene rings is 1. The summed E-state index contributed by atoms with van der Waals surface area (Å²) in [5.74, 6) is 1.76. The molecule has 1 amide bonds. The molecule has 0 spiro atoms. The number of ether oxygens (including phenoxy) is 2. The van der Waals surface area contributed by atoms with Gasteiger partial charge < -0.3 is 14.8 Å². The Hall–Kier alpha value is -2.50. The molecule has 6 heteroatoms. The molecule has 2 aromatic rings. The van der Waals surface area contributed by atoms with Crippen molar-refractivity contribution in [3.05, 3.63) is 41.2 Å². The fourth-order valence-electron chi connectivity index (χ4n) is 2.56. The van der Waals surface area contributed by atoms with Crippen LogP contribution in [0, 0.1) is 5.92 Å². The molecule has 1 unspecified atom stereocenters. The minimum absolute atomic E-state index is 0.151. The van der Waals surface area contributed by atoms with E-state index in [-0.39, 0.29) is 18.7 Å². The number of hydrogen-bond donors (Lipinski definition) is 2. The number of rotatable bonds is 5. The molecule has 1 atom stereocenters. The predicted molar refractivity (Wildman–Crippen MR) is 85.6 cm³/mol. The van der Waals surface area contributed by atoms with Crippen LogP contribution in [0.1, 0.15) is 48.6 Å². The van der Waals surface area contributed by atoms with E-state index >= 15 is 0 Å². The van der Waals surface area contributed by atoms with E-state index in [1.807, 2.05) is 31.2 Å². The van der Waals surface area contributed by atoms with Crippen molar-refractivity contribution in [1.29, 1.82) is 0 Å². The Morgan fingerprint density at radius 1 is 1.26 bits per heavy atom. The van der Waals surface area contributed by atoms with Gasteiger partial charge in [0.2, 0.25) is 6.79 Å². The molecule has 3 rings (SSSR count). The van der Waals surface area contributed by atoms with Gasteiger partial charge in [-0.3, -0.25) is 9.89 Å². The zero-order valence-electron chi connectivity index (χ0n) is 13.6. The summed E-state index contributed by atoms with van der Waals surface area (Å²) in [6.07, 6.45) is 0.873. The van der Waals surface area contributed by atoms with Gasteiger partial charge in [0.1, 0.15) is 5.69 Å². The number of H-pyrrole nitrogens is 1. The van der Waals surface area contributed by atoms with Crippen LogP contribution in [-0.2, 0) is 6.42 Å². The van der Waals surface area contributed by atoms with Gasteiger partial charge in [-0.25, -0.2) is 0 Å². The number of nitrogens with one attached hydrogen (secondary N) is 2. The molecule has 1 aromatic heterocycles. The van der Waals surface area contributed by atoms with E-state index in [1.54, 1.807) is 0 Å². The van der Waals surface area contributed by atoms with Crippen LogP contribution in [0.5, 0.6) is 11.5 Å². The zero-order chi connectivity index (χ0) is 16.4. The van der Waals surface area contributed by atoms with Gasteiger partial charge in [-0.05, 0) is 43.0 Å². The monoisotopic (exact) mass is 315 g/mol. The molecule has 0 bridgehead atoms. The van der Waals surface area contributed by atoms with Crippen molar-refractivity contribution in [2.75, 3.05) is 6.79 Å². The van der Waals surface area contributed by atoms with Gasteiger partial charge in [0.15, 0.2) is 11.5 Å². The maximum Gasteiger partial charge on any atom is 0.272 e. The molecule has 0 saturated carbocycles. The van der Waals surface area contributed by atoms with Crippen molar-refractivity contribution in [2.45, 2.75) is 33.2 Å². The highest BCUT2D eigenvalue weighted by Gasteiger charge is 2.18. The molecule has 1 aliphatic heterocycles. The van der Waals surface area contributed by atoms with Gasteiger partial charge in [-0.15, -0.1) is 0 Å². The van der Waals surface area contributed by atoms with E-state index in [0.717, 1.165) is 23.4 Å². The second-order valence-corrected chi connectivity index (χ2v) is 6.18. The van der Waals surface area contributed by atoms with E-state index in [0.29, 0.717) is 17.4 Å². The Kier molecular flexibility index (Phi) is 4.23. The van der Waals surface area contributed by atoms with Crippen molar-refractivity contribution >= 4 is 5.91 Å². The quantitative estimate of drug-likeness (QED) is 0.889. The Labute approximate surface area is 135 Å². The lowest BCUT2D eigenvalue weighted by Gasteiger charge is -2.13. The standard InChI is InChI=1S/C17H21N3O3/c1-10(2)6-13-8-14(20-19-13)17(21)18-11(3)12-4-5-15-16(7-12)23-9-22-15/h4-5,7-8,10-11H,6,9H2,1-3H3,(H,18,21)(H,19,20). The van der Waals surface area contributed by atoms with E-state index < -0.39 is 0 Å². The number of aromatic amines is 1. The molecule has 6 nitrogen and oxygen atoms in total. The van der Waals surface area contributed by atoms with Crippen LogP contribution in [-0.4, -0.2) is 22.9 Å². The van der Waals surface area contributed by atoms with Crippen molar-refractivity contribution in [2.24, 2.45) is 5.92 Å². The van der Waals surface area contributed by atoms with Gasteiger partial charge in [0.25, 0.3) is 5.91 Å². The highest BCUT2D eigenvalue weighted by molar-refractivity contribution is 5.92. The highest BCUT2D eigenvalue weighted by atomic mass is 16.7. The van der Waals surface area contributed by atoms with E-state index in [4.69, 9.17) is 9.47 Å². The predicted octanol–water partition coefficient (Wildman–Crippen LogP) is 2.83. The number of aromatic nitrogens is 2. The van der Waals surface area contributed by atoms with Crippen LogP contribution in [0.15, 0.2) is 24.3 Å². The fraction of sp³-hybridized carbons (Fsp3) is 0.412. The van der Waals surface area contributed by atoms with Crippen LogP contribution in [0.4, 0.5) is 0 Å². The summed E-state index contributed by atoms with van der Waals surface area (Å²) >= 11 is 0. The van der Waals surface area contributed by atoms with Crippen molar-refractivity contribution in [3.8, 4) is 11.5 Å². The largest absolute Gasteiger partial charge is 0.454 e.